The Bertz CT molecular complexity index is 647. The van der Waals surface area contributed by atoms with Gasteiger partial charge in [0, 0.05) is 18.5 Å². The van der Waals surface area contributed by atoms with Crippen LogP contribution in [0.5, 0.6) is 0 Å². The number of sulfonamides is 1. The van der Waals surface area contributed by atoms with Gasteiger partial charge in [-0.25, -0.2) is 13.1 Å². The van der Waals surface area contributed by atoms with Crippen LogP contribution in [0.2, 0.25) is 0 Å². The molecular formula is C15H19NO6S. The van der Waals surface area contributed by atoms with Crippen LogP contribution in [0.25, 0.3) is 0 Å². The second-order valence-corrected chi connectivity index (χ2v) is 7.05. The molecule has 1 aromatic carbocycles. The Balaban J connectivity index is 1.89. The van der Waals surface area contributed by atoms with Gasteiger partial charge in [-0.15, -0.1) is 0 Å². The average Bonchev–Trinajstić information content (AvgIpc) is 2.54. The Kier molecular flexibility index (Phi) is 5.86. The molecule has 1 aromatic rings. The number of rotatable bonds is 6. The van der Waals surface area contributed by atoms with E-state index in [4.69, 9.17) is 9.47 Å². The predicted octanol–water partition coefficient (Wildman–Crippen LogP) is 0.888. The van der Waals surface area contributed by atoms with E-state index in [-0.39, 0.29) is 36.2 Å². The number of carbonyl (C=O) groups excluding carboxylic acids is 2. The summed E-state index contributed by atoms with van der Waals surface area (Å²) in [5.41, 5.74) is 0.415. The molecule has 2 rings (SSSR count). The second-order valence-electron chi connectivity index (χ2n) is 5.34. The molecule has 1 fully saturated rings. The fraction of sp³-hybridized carbons (Fsp3) is 0.467. The summed E-state index contributed by atoms with van der Waals surface area (Å²) in [6.07, 6.45) is 1.65. The van der Waals surface area contributed by atoms with Crippen molar-refractivity contribution in [2.45, 2.75) is 36.8 Å². The number of benzene rings is 1. The Hall–Kier alpha value is -1.77. The van der Waals surface area contributed by atoms with Crippen molar-refractivity contribution >= 4 is 22.3 Å². The molecule has 0 bridgehead atoms. The van der Waals surface area contributed by atoms with Gasteiger partial charge in [0.15, 0.2) is 0 Å². The fourth-order valence-electron chi connectivity index (χ4n) is 2.25. The molecule has 0 aromatic heterocycles. The summed E-state index contributed by atoms with van der Waals surface area (Å²) < 4.78 is 37.5. The van der Waals surface area contributed by atoms with E-state index < -0.39 is 10.0 Å². The molecule has 1 heterocycles. The lowest BCUT2D eigenvalue weighted by Crippen LogP contribution is -2.43. The first-order chi connectivity index (χ1) is 10.9. The highest BCUT2D eigenvalue weighted by atomic mass is 32.2. The zero-order valence-electron chi connectivity index (χ0n) is 12.7. The number of nitrogens with one attached hydrogen (secondary N) is 1. The van der Waals surface area contributed by atoms with Gasteiger partial charge in [0.1, 0.15) is 12.9 Å². The number of hydrogen-bond donors (Lipinski definition) is 1. The quantitative estimate of drug-likeness (QED) is 0.609. The molecule has 8 heteroatoms. The van der Waals surface area contributed by atoms with Crippen LogP contribution in [0.15, 0.2) is 29.2 Å². The van der Waals surface area contributed by atoms with Gasteiger partial charge in [0.2, 0.25) is 10.0 Å². The Labute approximate surface area is 135 Å². The Morgan fingerprint density at radius 2 is 2.04 bits per heavy atom. The molecule has 0 aliphatic carbocycles. The lowest BCUT2D eigenvalue weighted by Gasteiger charge is -2.29. The van der Waals surface area contributed by atoms with Gasteiger partial charge in [-0.3, -0.25) is 9.59 Å². The third kappa shape index (κ3) is 5.12. The van der Waals surface area contributed by atoms with E-state index in [0.717, 1.165) is 0 Å². The molecule has 0 radical (unpaired) electrons. The molecule has 2 atom stereocenters. The van der Waals surface area contributed by atoms with E-state index in [9.17, 15) is 18.0 Å². The van der Waals surface area contributed by atoms with Crippen LogP contribution < -0.4 is 4.72 Å². The van der Waals surface area contributed by atoms with Gasteiger partial charge in [0.05, 0.1) is 17.6 Å². The first kappa shape index (κ1) is 17.6. The predicted molar refractivity (Wildman–Crippen MR) is 81.5 cm³/mol. The van der Waals surface area contributed by atoms with Gasteiger partial charge in [0.25, 0.3) is 0 Å². The third-order valence-corrected chi connectivity index (χ3v) is 5.03. The van der Waals surface area contributed by atoms with E-state index >= 15 is 0 Å². The minimum atomic E-state index is -3.66. The summed E-state index contributed by atoms with van der Waals surface area (Å²) in [7, 11) is -3.66. The van der Waals surface area contributed by atoms with Crippen LogP contribution in [0, 0.1) is 0 Å². The summed E-state index contributed by atoms with van der Waals surface area (Å²) in [6, 6.07) is 5.35. The maximum atomic E-state index is 12.3. The minimum Gasteiger partial charge on any atom is -0.463 e. The summed E-state index contributed by atoms with van der Waals surface area (Å²) in [5, 5.41) is 0. The number of hydrogen-bond acceptors (Lipinski definition) is 6. The lowest BCUT2D eigenvalue weighted by molar-refractivity contribution is -0.146. The van der Waals surface area contributed by atoms with Crippen molar-refractivity contribution in [1.29, 1.82) is 0 Å². The van der Waals surface area contributed by atoms with Crippen LogP contribution in [0.3, 0.4) is 0 Å². The van der Waals surface area contributed by atoms with Crippen molar-refractivity contribution in [3.8, 4) is 0 Å². The van der Waals surface area contributed by atoms with Crippen molar-refractivity contribution in [1.82, 2.24) is 4.72 Å². The molecule has 1 N–H and O–H groups in total. The number of esters is 1. The molecule has 1 aliphatic rings. The van der Waals surface area contributed by atoms with Crippen molar-refractivity contribution in [2.24, 2.45) is 0 Å². The molecule has 1 aliphatic heterocycles. The van der Waals surface area contributed by atoms with Gasteiger partial charge >= 0.3 is 5.97 Å². The van der Waals surface area contributed by atoms with Crippen LogP contribution in [-0.4, -0.2) is 46.0 Å². The zero-order chi connectivity index (χ0) is 16.9. The maximum absolute atomic E-state index is 12.3. The van der Waals surface area contributed by atoms with Crippen LogP contribution >= 0.6 is 0 Å². The standard InChI is InChI=1S/C15H19NO6S/c1-11(18)21-10-14-5-4-13(9-22-14)16-23(19,20)15-6-2-12(8-17)3-7-15/h2-3,6-8,13-14,16H,4-5,9-10H2,1H3/t13-,14-/m0/s1. The van der Waals surface area contributed by atoms with Crippen LogP contribution in [-0.2, 0) is 24.3 Å². The van der Waals surface area contributed by atoms with E-state index in [1.165, 1.54) is 31.2 Å². The summed E-state index contributed by atoms with van der Waals surface area (Å²) in [6.45, 7) is 1.73. The second kappa shape index (κ2) is 7.67. The topological polar surface area (TPSA) is 98.8 Å². The Morgan fingerprint density at radius 3 is 2.57 bits per heavy atom. The van der Waals surface area contributed by atoms with Crippen molar-refractivity contribution < 1.29 is 27.5 Å². The van der Waals surface area contributed by atoms with E-state index in [0.29, 0.717) is 24.7 Å². The lowest BCUT2D eigenvalue weighted by atomic mass is 10.1. The minimum absolute atomic E-state index is 0.102. The van der Waals surface area contributed by atoms with Gasteiger partial charge in [-0.05, 0) is 25.0 Å². The third-order valence-electron chi connectivity index (χ3n) is 3.49. The van der Waals surface area contributed by atoms with Crippen molar-refractivity contribution in [2.75, 3.05) is 13.2 Å². The number of carbonyl (C=O) groups is 2. The molecule has 126 valence electrons. The van der Waals surface area contributed by atoms with Gasteiger partial charge in [-0.1, -0.05) is 12.1 Å². The zero-order valence-corrected chi connectivity index (χ0v) is 13.5. The van der Waals surface area contributed by atoms with Gasteiger partial charge in [-0.2, -0.15) is 0 Å². The van der Waals surface area contributed by atoms with Crippen LogP contribution in [0.1, 0.15) is 30.1 Å². The SMILES string of the molecule is CC(=O)OC[C@@H]1CC[C@H](NS(=O)(=O)c2ccc(C=O)cc2)CO1. The summed E-state index contributed by atoms with van der Waals surface area (Å²) in [4.78, 5) is 21.4. The smallest absolute Gasteiger partial charge is 0.302 e. The summed E-state index contributed by atoms with van der Waals surface area (Å²) in [5.74, 6) is -0.366. The first-order valence-corrected chi connectivity index (χ1v) is 8.71. The normalized spacial score (nSPS) is 21.6. The number of aldehydes is 1. The molecule has 0 unspecified atom stereocenters. The fourth-order valence-corrected chi connectivity index (χ4v) is 3.51. The molecule has 1 saturated heterocycles. The molecule has 0 amide bonds. The van der Waals surface area contributed by atoms with Gasteiger partial charge < -0.3 is 9.47 Å². The van der Waals surface area contributed by atoms with E-state index in [2.05, 4.69) is 4.72 Å². The van der Waals surface area contributed by atoms with E-state index in [1.807, 2.05) is 0 Å². The highest BCUT2D eigenvalue weighted by Gasteiger charge is 2.26. The largest absolute Gasteiger partial charge is 0.463 e. The monoisotopic (exact) mass is 341 g/mol. The number of ether oxygens (including phenoxy) is 2. The highest BCUT2D eigenvalue weighted by molar-refractivity contribution is 7.89. The molecule has 0 spiro atoms. The first-order valence-electron chi connectivity index (χ1n) is 7.23. The molecule has 23 heavy (non-hydrogen) atoms. The average molecular weight is 341 g/mol. The molecule has 7 nitrogen and oxygen atoms in total. The van der Waals surface area contributed by atoms with Crippen molar-refractivity contribution in [3.63, 3.8) is 0 Å². The molecule has 0 saturated carbocycles. The maximum Gasteiger partial charge on any atom is 0.302 e. The Morgan fingerprint density at radius 1 is 1.35 bits per heavy atom. The van der Waals surface area contributed by atoms with Crippen LogP contribution in [0.4, 0.5) is 0 Å². The summed E-state index contributed by atoms with van der Waals surface area (Å²) >= 11 is 0. The van der Waals surface area contributed by atoms with E-state index in [1.54, 1.807) is 0 Å². The van der Waals surface area contributed by atoms with Crippen molar-refractivity contribution in [3.05, 3.63) is 29.8 Å². The highest BCUT2D eigenvalue weighted by Crippen LogP contribution is 2.17. The molecular weight excluding hydrogens is 322 g/mol.